The number of hydrogen-bond donors (Lipinski definition) is 1. The molecule has 2 heterocycles. The van der Waals surface area contributed by atoms with E-state index in [2.05, 4.69) is 4.98 Å². The summed E-state index contributed by atoms with van der Waals surface area (Å²) in [6.07, 6.45) is 1.30. The van der Waals surface area contributed by atoms with Crippen molar-refractivity contribution in [1.29, 1.82) is 0 Å². The van der Waals surface area contributed by atoms with Crippen molar-refractivity contribution < 1.29 is 14.2 Å². The first-order chi connectivity index (χ1) is 15.2. The van der Waals surface area contributed by atoms with Crippen LogP contribution >= 0.6 is 0 Å². The van der Waals surface area contributed by atoms with Gasteiger partial charge in [0.25, 0.3) is 5.56 Å². The SMILES string of the molecule is O=c1ccn([C@H]2CO[C@@H](COCc3ccccc3)[C@@H]2COCc2ccccc2)c(=O)[nH]1. The van der Waals surface area contributed by atoms with Gasteiger partial charge in [0.2, 0.25) is 0 Å². The molecule has 1 N–H and O–H groups in total. The van der Waals surface area contributed by atoms with Gasteiger partial charge in [-0.25, -0.2) is 4.79 Å². The molecular weight excluding hydrogens is 396 g/mol. The number of H-pyrrole nitrogens is 1. The third-order valence-electron chi connectivity index (χ3n) is 5.48. The van der Waals surface area contributed by atoms with E-state index in [1.165, 1.54) is 16.8 Å². The molecule has 0 saturated carbocycles. The van der Waals surface area contributed by atoms with Crippen LogP contribution < -0.4 is 11.2 Å². The topological polar surface area (TPSA) is 82.5 Å². The van der Waals surface area contributed by atoms with Crippen molar-refractivity contribution in [2.45, 2.75) is 25.4 Å². The number of nitrogens with zero attached hydrogens (tertiary/aromatic N) is 1. The molecule has 4 rings (SSSR count). The van der Waals surface area contributed by atoms with Gasteiger partial charge < -0.3 is 14.2 Å². The Bertz CT molecular complexity index is 1060. The highest BCUT2D eigenvalue weighted by atomic mass is 16.5. The fraction of sp³-hybridized carbons (Fsp3) is 0.333. The van der Waals surface area contributed by atoms with Crippen LogP contribution in [-0.2, 0) is 27.4 Å². The largest absolute Gasteiger partial charge is 0.376 e. The van der Waals surface area contributed by atoms with Gasteiger partial charge in [-0.2, -0.15) is 0 Å². The third-order valence-corrected chi connectivity index (χ3v) is 5.48. The van der Waals surface area contributed by atoms with Crippen LogP contribution in [0.15, 0.2) is 82.5 Å². The smallest absolute Gasteiger partial charge is 0.328 e. The van der Waals surface area contributed by atoms with E-state index in [0.29, 0.717) is 33.0 Å². The lowest BCUT2D eigenvalue weighted by Gasteiger charge is -2.24. The van der Waals surface area contributed by atoms with Crippen LogP contribution in [0.5, 0.6) is 0 Å². The predicted molar refractivity (Wildman–Crippen MR) is 116 cm³/mol. The quantitative estimate of drug-likeness (QED) is 0.573. The summed E-state index contributed by atoms with van der Waals surface area (Å²) in [6, 6.07) is 21.0. The first-order valence-corrected chi connectivity index (χ1v) is 10.4. The Morgan fingerprint density at radius 3 is 2.10 bits per heavy atom. The standard InChI is InChI=1S/C24H26N2O5/c27-23-11-12-26(24(28)25-23)21-16-31-22(17-30-14-19-9-5-2-6-10-19)20(21)15-29-13-18-7-3-1-4-8-18/h1-12,20-22H,13-17H2,(H,25,27,28)/t20-,21+,22+/m1/s1. The van der Waals surface area contributed by atoms with Crippen molar-refractivity contribution >= 4 is 0 Å². The Morgan fingerprint density at radius 1 is 0.871 bits per heavy atom. The highest BCUT2D eigenvalue weighted by Crippen LogP contribution is 2.31. The van der Waals surface area contributed by atoms with Gasteiger partial charge in [-0.15, -0.1) is 0 Å². The predicted octanol–water partition coefficient (Wildman–Crippen LogP) is 2.53. The van der Waals surface area contributed by atoms with Gasteiger partial charge in [0, 0.05) is 18.2 Å². The highest BCUT2D eigenvalue weighted by Gasteiger charge is 2.39. The van der Waals surface area contributed by atoms with Crippen molar-refractivity contribution in [3.8, 4) is 0 Å². The zero-order valence-electron chi connectivity index (χ0n) is 17.2. The zero-order chi connectivity index (χ0) is 21.5. The fourth-order valence-electron chi connectivity index (χ4n) is 3.84. The maximum Gasteiger partial charge on any atom is 0.328 e. The van der Waals surface area contributed by atoms with E-state index < -0.39 is 11.2 Å². The molecule has 1 fully saturated rings. The number of aromatic amines is 1. The van der Waals surface area contributed by atoms with Crippen LogP contribution in [-0.4, -0.2) is 35.5 Å². The van der Waals surface area contributed by atoms with Gasteiger partial charge in [-0.1, -0.05) is 60.7 Å². The van der Waals surface area contributed by atoms with Crippen LogP contribution in [0, 0.1) is 5.92 Å². The molecule has 0 aliphatic carbocycles. The van der Waals surface area contributed by atoms with E-state index >= 15 is 0 Å². The van der Waals surface area contributed by atoms with E-state index in [9.17, 15) is 9.59 Å². The van der Waals surface area contributed by atoms with Crippen molar-refractivity contribution in [3.05, 3.63) is 105 Å². The summed E-state index contributed by atoms with van der Waals surface area (Å²) in [7, 11) is 0. The van der Waals surface area contributed by atoms with E-state index in [-0.39, 0.29) is 18.1 Å². The normalized spacial score (nSPS) is 20.7. The summed E-state index contributed by atoms with van der Waals surface area (Å²) in [4.78, 5) is 26.1. The van der Waals surface area contributed by atoms with Crippen molar-refractivity contribution in [2.75, 3.05) is 19.8 Å². The fourth-order valence-corrected chi connectivity index (χ4v) is 3.84. The van der Waals surface area contributed by atoms with Crippen LogP contribution in [0.1, 0.15) is 17.2 Å². The van der Waals surface area contributed by atoms with E-state index in [1.54, 1.807) is 0 Å². The summed E-state index contributed by atoms with van der Waals surface area (Å²) in [5.41, 5.74) is 1.31. The molecule has 7 nitrogen and oxygen atoms in total. The van der Waals surface area contributed by atoms with E-state index in [0.717, 1.165) is 11.1 Å². The van der Waals surface area contributed by atoms with Gasteiger partial charge in [0.15, 0.2) is 0 Å². The van der Waals surface area contributed by atoms with Gasteiger partial charge in [-0.05, 0) is 11.1 Å². The zero-order valence-corrected chi connectivity index (χ0v) is 17.2. The molecule has 1 saturated heterocycles. The average molecular weight is 422 g/mol. The van der Waals surface area contributed by atoms with Crippen LogP contribution in [0.4, 0.5) is 0 Å². The molecule has 0 radical (unpaired) electrons. The van der Waals surface area contributed by atoms with Crippen molar-refractivity contribution in [2.24, 2.45) is 5.92 Å². The molecule has 2 aromatic carbocycles. The number of rotatable bonds is 9. The Morgan fingerprint density at radius 2 is 1.48 bits per heavy atom. The van der Waals surface area contributed by atoms with Crippen LogP contribution in [0.25, 0.3) is 0 Å². The summed E-state index contributed by atoms with van der Waals surface area (Å²) < 4.78 is 19.4. The molecule has 0 bridgehead atoms. The molecule has 1 aliphatic heterocycles. The maximum absolute atomic E-state index is 12.4. The van der Waals surface area contributed by atoms with Crippen molar-refractivity contribution in [1.82, 2.24) is 9.55 Å². The summed E-state index contributed by atoms with van der Waals surface area (Å²) in [6.45, 7) is 2.11. The number of benzene rings is 2. The number of nitrogens with one attached hydrogen (secondary N) is 1. The average Bonchev–Trinajstić information content (AvgIpc) is 3.18. The van der Waals surface area contributed by atoms with Crippen LogP contribution in [0.2, 0.25) is 0 Å². The van der Waals surface area contributed by atoms with Gasteiger partial charge in [0.05, 0.1) is 45.2 Å². The monoisotopic (exact) mass is 422 g/mol. The lowest BCUT2D eigenvalue weighted by Crippen LogP contribution is -2.37. The summed E-state index contributed by atoms with van der Waals surface area (Å²) in [5, 5.41) is 0. The minimum atomic E-state index is -0.444. The molecule has 0 spiro atoms. The molecule has 1 aromatic heterocycles. The number of hydrogen-bond acceptors (Lipinski definition) is 5. The highest BCUT2D eigenvalue weighted by molar-refractivity contribution is 5.14. The second-order valence-corrected chi connectivity index (χ2v) is 7.62. The third kappa shape index (κ3) is 5.58. The van der Waals surface area contributed by atoms with Crippen LogP contribution in [0.3, 0.4) is 0 Å². The Hall–Kier alpha value is -3.00. The Balaban J connectivity index is 1.44. The number of aromatic nitrogens is 2. The van der Waals surface area contributed by atoms with Gasteiger partial charge in [-0.3, -0.25) is 14.3 Å². The first kappa shape index (κ1) is 21.2. The number of ether oxygens (including phenoxy) is 3. The molecule has 3 atom stereocenters. The molecule has 3 aromatic rings. The lowest BCUT2D eigenvalue weighted by molar-refractivity contribution is -0.0240. The molecule has 0 unspecified atom stereocenters. The molecule has 7 heteroatoms. The molecule has 0 amide bonds. The second kappa shape index (κ2) is 10.3. The first-order valence-electron chi connectivity index (χ1n) is 10.4. The summed E-state index contributed by atoms with van der Waals surface area (Å²) in [5.74, 6) is -0.0944. The van der Waals surface area contributed by atoms with Gasteiger partial charge in [0.1, 0.15) is 0 Å². The van der Waals surface area contributed by atoms with E-state index in [1.807, 2.05) is 60.7 Å². The molecule has 162 valence electrons. The lowest BCUT2D eigenvalue weighted by atomic mass is 9.98. The minimum absolute atomic E-state index is 0.0944. The molecule has 31 heavy (non-hydrogen) atoms. The van der Waals surface area contributed by atoms with E-state index in [4.69, 9.17) is 14.2 Å². The summed E-state index contributed by atoms with van der Waals surface area (Å²) >= 11 is 0. The van der Waals surface area contributed by atoms with Crippen molar-refractivity contribution in [3.63, 3.8) is 0 Å². The second-order valence-electron chi connectivity index (χ2n) is 7.62. The minimum Gasteiger partial charge on any atom is -0.376 e. The Kier molecular flexibility index (Phi) is 7.09. The molecular formula is C24H26N2O5. The molecule has 1 aliphatic rings. The van der Waals surface area contributed by atoms with Gasteiger partial charge >= 0.3 is 5.69 Å². The maximum atomic E-state index is 12.4. The Labute approximate surface area is 180 Å².